The van der Waals surface area contributed by atoms with Gasteiger partial charge in [0.15, 0.2) is 0 Å². The first-order valence-corrected chi connectivity index (χ1v) is 6.16. The van der Waals surface area contributed by atoms with Crippen molar-refractivity contribution in [3.8, 4) is 17.2 Å². The largest absolute Gasteiger partial charge is 0.328 e. The molecule has 96 valence electrons. The van der Waals surface area contributed by atoms with E-state index in [1.54, 1.807) is 12.3 Å². The predicted octanol–water partition coefficient (Wildman–Crippen LogP) is 3.21. The average molecular weight is 252 g/mol. The summed E-state index contributed by atoms with van der Waals surface area (Å²) in [5, 5.41) is 9.07. The van der Waals surface area contributed by atoms with Gasteiger partial charge in [-0.2, -0.15) is 5.26 Å². The van der Waals surface area contributed by atoms with E-state index in [0.717, 1.165) is 5.56 Å². The second-order valence-corrected chi connectivity index (χ2v) is 5.53. The Morgan fingerprint density at radius 2 is 1.74 bits per heavy atom. The van der Waals surface area contributed by atoms with Crippen molar-refractivity contribution in [1.29, 1.82) is 5.26 Å². The number of aromatic amines is 1. The van der Waals surface area contributed by atoms with Gasteiger partial charge < -0.3 is 4.98 Å². The van der Waals surface area contributed by atoms with Gasteiger partial charge >= 0.3 is 0 Å². The quantitative estimate of drug-likeness (QED) is 0.847. The zero-order chi connectivity index (χ0) is 14.0. The van der Waals surface area contributed by atoms with E-state index in [1.165, 1.54) is 5.56 Å². The second-order valence-electron chi connectivity index (χ2n) is 5.53. The summed E-state index contributed by atoms with van der Waals surface area (Å²) in [4.78, 5) is 14.1. The van der Waals surface area contributed by atoms with Gasteiger partial charge in [0.1, 0.15) is 11.6 Å². The van der Waals surface area contributed by atoms with E-state index in [1.807, 2.05) is 30.3 Å². The van der Waals surface area contributed by atoms with Crippen molar-refractivity contribution in [3.05, 3.63) is 58.0 Å². The van der Waals surface area contributed by atoms with Crippen LogP contribution in [-0.2, 0) is 5.41 Å². The fraction of sp³-hybridized carbons (Fsp3) is 0.250. The molecular weight excluding hydrogens is 236 g/mol. The first-order valence-electron chi connectivity index (χ1n) is 6.16. The number of benzene rings is 1. The lowest BCUT2D eigenvalue weighted by Crippen LogP contribution is -2.11. The normalized spacial score (nSPS) is 11.1. The Bertz CT molecular complexity index is 682. The van der Waals surface area contributed by atoms with E-state index < -0.39 is 0 Å². The van der Waals surface area contributed by atoms with Crippen LogP contribution in [0.4, 0.5) is 0 Å². The van der Waals surface area contributed by atoms with Gasteiger partial charge in [-0.15, -0.1) is 0 Å². The molecule has 0 aliphatic carbocycles. The Kier molecular flexibility index (Phi) is 3.26. The molecule has 0 amide bonds. The van der Waals surface area contributed by atoms with E-state index in [0.29, 0.717) is 5.56 Å². The molecule has 1 N–H and O–H groups in total. The van der Waals surface area contributed by atoms with E-state index in [2.05, 4.69) is 25.8 Å². The number of nitrogens with zero attached hydrogens (tertiary/aromatic N) is 1. The summed E-state index contributed by atoms with van der Waals surface area (Å²) in [6.07, 6.45) is 1.57. The summed E-state index contributed by atoms with van der Waals surface area (Å²) < 4.78 is 0. The number of pyridine rings is 1. The summed E-state index contributed by atoms with van der Waals surface area (Å²) >= 11 is 0. The van der Waals surface area contributed by atoms with Crippen molar-refractivity contribution in [3.63, 3.8) is 0 Å². The van der Waals surface area contributed by atoms with E-state index in [-0.39, 0.29) is 16.5 Å². The van der Waals surface area contributed by atoms with Crippen LogP contribution in [0.2, 0.25) is 0 Å². The molecule has 0 saturated heterocycles. The fourth-order valence-electron chi connectivity index (χ4n) is 1.98. The molecule has 0 bridgehead atoms. The van der Waals surface area contributed by atoms with Gasteiger partial charge in [0.2, 0.25) is 0 Å². The van der Waals surface area contributed by atoms with Gasteiger partial charge in [-0.25, -0.2) is 0 Å². The van der Waals surface area contributed by atoms with Crippen molar-refractivity contribution < 1.29 is 0 Å². The van der Waals surface area contributed by atoms with E-state index >= 15 is 0 Å². The number of rotatable bonds is 1. The number of hydrogen-bond donors (Lipinski definition) is 1. The Labute approximate surface area is 112 Å². The highest BCUT2D eigenvalue weighted by Crippen LogP contribution is 2.26. The second kappa shape index (κ2) is 4.74. The van der Waals surface area contributed by atoms with Gasteiger partial charge in [0, 0.05) is 11.8 Å². The highest BCUT2D eigenvalue weighted by atomic mass is 16.1. The SMILES string of the molecule is CC(C)(C)c1ccc(-c2cc[nH]c(=O)c2C#N)cc1. The maximum absolute atomic E-state index is 11.6. The molecule has 19 heavy (non-hydrogen) atoms. The van der Waals surface area contributed by atoms with Crippen LogP contribution in [0.1, 0.15) is 31.9 Å². The summed E-state index contributed by atoms with van der Waals surface area (Å²) in [6, 6.07) is 11.7. The molecule has 0 aliphatic heterocycles. The third-order valence-electron chi connectivity index (χ3n) is 3.13. The number of nitriles is 1. The minimum Gasteiger partial charge on any atom is -0.328 e. The van der Waals surface area contributed by atoms with Crippen LogP contribution in [0, 0.1) is 11.3 Å². The fourth-order valence-corrected chi connectivity index (χ4v) is 1.98. The molecule has 0 unspecified atom stereocenters. The summed E-state index contributed by atoms with van der Waals surface area (Å²) in [5.41, 5.74) is 2.68. The smallest absolute Gasteiger partial charge is 0.266 e. The first-order chi connectivity index (χ1) is 8.93. The van der Waals surface area contributed by atoms with Crippen LogP contribution in [0.15, 0.2) is 41.3 Å². The standard InChI is InChI=1S/C16H16N2O/c1-16(2,3)12-6-4-11(5-7-12)13-8-9-18-15(19)14(13)10-17/h4-9H,1-3H3,(H,18,19). The van der Waals surface area contributed by atoms with Gasteiger partial charge in [-0.1, -0.05) is 45.0 Å². The van der Waals surface area contributed by atoms with Crippen LogP contribution >= 0.6 is 0 Å². The lowest BCUT2D eigenvalue weighted by molar-refractivity contribution is 0.590. The molecule has 3 heteroatoms. The Balaban J connectivity index is 2.53. The minimum absolute atomic E-state index is 0.0880. The maximum Gasteiger partial charge on any atom is 0.266 e. The molecule has 1 aromatic heterocycles. The molecule has 0 spiro atoms. The van der Waals surface area contributed by atoms with Crippen molar-refractivity contribution in [2.45, 2.75) is 26.2 Å². The lowest BCUT2D eigenvalue weighted by atomic mass is 9.86. The molecule has 2 aromatic rings. The molecule has 1 heterocycles. The van der Waals surface area contributed by atoms with Crippen LogP contribution in [0.5, 0.6) is 0 Å². The maximum atomic E-state index is 11.6. The van der Waals surface area contributed by atoms with Crippen LogP contribution in [0.25, 0.3) is 11.1 Å². The minimum atomic E-state index is -0.347. The van der Waals surface area contributed by atoms with Gasteiger partial charge in [0.25, 0.3) is 5.56 Å². The van der Waals surface area contributed by atoms with Crippen LogP contribution in [-0.4, -0.2) is 4.98 Å². The first kappa shape index (κ1) is 13.1. The highest BCUT2D eigenvalue weighted by molar-refractivity contribution is 5.69. The Morgan fingerprint density at radius 1 is 1.11 bits per heavy atom. The van der Waals surface area contributed by atoms with E-state index in [4.69, 9.17) is 5.26 Å². The van der Waals surface area contributed by atoms with E-state index in [9.17, 15) is 4.79 Å². The molecular formula is C16H16N2O. The molecule has 0 aliphatic rings. The average Bonchev–Trinajstić information content (AvgIpc) is 2.37. The Hall–Kier alpha value is -2.34. The van der Waals surface area contributed by atoms with Crippen molar-refractivity contribution in [1.82, 2.24) is 4.98 Å². The zero-order valence-corrected chi connectivity index (χ0v) is 11.3. The number of aromatic nitrogens is 1. The lowest BCUT2D eigenvalue weighted by Gasteiger charge is -2.19. The van der Waals surface area contributed by atoms with Gasteiger partial charge in [-0.3, -0.25) is 4.79 Å². The van der Waals surface area contributed by atoms with Gasteiger partial charge in [-0.05, 0) is 22.6 Å². The number of hydrogen-bond acceptors (Lipinski definition) is 2. The van der Waals surface area contributed by atoms with Crippen LogP contribution in [0.3, 0.4) is 0 Å². The third-order valence-corrected chi connectivity index (χ3v) is 3.13. The predicted molar refractivity (Wildman–Crippen MR) is 75.9 cm³/mol. The van der Waals surface area contributed by atoms with Crippen molar-refractivity contribution in [2.24, 2.45) is 0 Å². The zero-order valence-electron chi connectivity index (χ0n) is 11.3. The molecule has 2 rings (SSSR count). The van der Waals surface area contributed by atoms with Crippen molar-refractivity contribution >= 4 is 0 Å². The molecule has 0 fully saturated rings. The number of nitrogens with one attached hydrogen (secondary N) is 1. The van der Waals surface area contributed by atoms with Crippen LogP contribution < -0.4 is 5.56 Å². The monoisotopic (exact) mass is 252 g/mol. The summed E-state index contributed by atoms with van der Waals surface area (Å²) in [7, 11) is 0. The Morgan fingerprint density at radius 3 is 2.26 bits per heavy atom. The molecule has 0 atom stereocenters. The number of H-pyrrole nitrogens is 1. The molecule has 0 radical (unpaired) electrons. The molecule has 3 nitrogen and oxygen atoms in total. The van der Waals surface area contributed by atoms with Gasteiger partial charge in [0.05, 0.1) is 0 Å². The highest BCUT2D eigenvalue weighted by Gasteiger charge is 2.14. The third kappa shape index (κ3) is 2.58. The van der Waals surface area contributed by atoms with Crippen molar-refractivity contribution in [2.75, 3.05) is 0 Å². The molecule has 1 aromatic carbocycles. The summed E-state index contributed by atoms with van der Waals surface area (Å²) in [6.45, 7) is 6.45. The summed E-state index contributed by atoms with van der Waals surface area (Å²) in [5.74, 6) is 0. The topological polar surface area (TPSA) is 56.6 Å². The molecule has 0 saturated carbocycles.